The number of anilines is 1. The molecule has 9 heteroatoms. The number of fused-ring (bicyclic) bond motifs is 1. The smallest absolute Gasteiger partial charge is 0.310 e. The van der Waals surface area contributed by atoms with Crippen LogP contribution in [0.3, 0.4) is 0 Å². The molecule has 0 saturated carbocycles. The van der Waals surface area contributed by atoms with Gasteiger partial charge in [0.25, 0.3) is 5.91 Å². The van der Waals surface area contributed by atoms with Crippen LogP contribution in [-0.4, -0.2) is 69.8 Å². The van der Waals surface area contributed by atoms with E-state index in [1.165, 1.54) is 9.80 Å². The van der Waals surface area contributed by atoms with Crippen molar-refractivity contribution >= 4 is 35.1 Å². The van der Waals surface area contributed by atoms with E-state index in [4.69, 9.17) is 16.3 Å². The van der Waals surface area contributed by atoms with Crippen molar-refractivity contribution < 1.29 is 29.3 Å². The molecular weight excluding hydrogens is 448 g/mol. The van der Waals surface area contributed by atoms with E-state index in [2.05, 4.69) is 6.58 Å². The second kappa shape index (κ2) is 8.42. The first-order chi connectivity index (χ1) is 15.6. The van der Waals surface area contributed by atoms with E-state index in [1.807, 2.05) is 13.0 Å². The van der Waals surface area contributed by atoms with Gasteiger partial charge >= 0.3 is 5.97 Å². The predicted octanol–water partition coefficient (Wildman–Crippen LogP) is 2.40. The molecule has 2 amide bonds. The number of nitrogens with zero attached hydrogens (tertiary/aromatic N) is 2. The van der Waals surface area contributed by atoms with Gasteiger partial charge in [-0.05, 0) is 44.7 Å². The number of carbonyl (C=O) groups is 3. The predicted molar refractivity (Wildman–Crippen MR) is 122 cm³/mol. The zero-order valence-corrected chi connectivity index (χ0v) is 19.5. The fourth-order valence-corrected chi connectivity index (χ4v) is 6.42. The SMILES string of the molecule is C=CCN(C(=O)C1N(CCCO)C(=O)[C@@H]2[C@@H](C(=O)O)[C@@]3(C)CCC12O3)c1c(C)cccc1Cl. The number of amides is 2. The summed E-state index contributed by atoms with van der Waals surface area (Å²) in [7, 11) is 0. The molecule has 1 aromatic rings. The molecule has 178 valence electrons. The first-order valence-electron chi connectivity index (χ1n) is 11.1. The van der Waals surface area contributed by atoms with Crippen molar-refractivity contribution in [1.29, 1.82) is 0 Å². The normalized spacial score (nSPS) is 32.2. The van der Waals surface area contributed by atoms with Gasteiger partial charge in [0.1, 0.15) is 11.6 Å². The molecule has 8 nitrogen and oxygen atoms in total. The summed E-state index contributed by atoms with van der Waals surface area (Å²) in [4.78, 5) is 42.9. The molecule has 33 heavy (non-hydrogen) atoms. The Morgan fingerprint density at radius 3 is 2.73 bits per heavy atom. The number of aliphatic carboxylic acids is 1. The van der Waals surface area contributed by atoms with Gasteiger partial charge < -0.3 is 24.7 Å². The molecule has 1 spiro atoms. The first kappa shape index (κ1) is 23.7. The highest BCUT2D eigenvalue weighted by atomic mass is 35.5. The number of carboxylic acid groups (broad SMARTS) is 1. The number of hydrogen-bond acceptors (Lipinski definition) is 5. The van der Waals surface area contributed by atoms with Crippen LogP contribution in [0.2, 0.25) is 5.02 Å². The molecule has 1 aromatic carbocycles. The van der Waals surface area contributed by atoms with Crippen LogP contribution >= 0.6 is 11.6 Å². The molecule has 0 aliphatic carbocycles. The number of aliphatic hydroxyl groups is 1. The first-order valence-corrected chi connectivity index (χ1v) is 11.5. The Balaban J connectivity index is 1.84. The third kappa shape index (κ3) is 3.38. The second-order valence-electron chi connectivity index (χ2n) is 9.32. The van der Waals surface area contributed by atoms with Gasteiger partial charge in [0.2, 0.25) is 5.91 Å². The lowest BCUT2D eigenvalue weighted by Gasteiger charge is -2.37. The summed E-state index contributed by atoms with van der Waals surface area (Å²) in [6.45, 7) is 7.45. The molecule has 3 heterocycles. The fraction of sp³-hybridized carbons (Fsp3) is 0.542. The maximum atomic E-state index is 14.2. The number of aryl methyl sites for hydroxylation is 1. The molecule has 3 aliphatic rings. The highest BCUT2D eigenvalue weighted by molar-refractivity contribution is 6.34. The van der Waals surface area contributed by atoms with Gasteiger partial charge in [0, 0.05) is 19.7 Å². The van der Waals surface area contributed by atoms with Crippen molar-refractivity contribution in [1.82, 2.24) is 4.90 Å². The van der Waals surface area contributed by atoms with Crippen molar-refractivity contribution in [2.75, 3.05) is 24.6 Å². The average Bonchev–Trinajstić information content (AvgIpc) is 3.31. The average molecular weight is 477 g/mol. The number of carboxylic acids is 1. The van der Waals surface area contributed by atoms with Crippen molar-refractivity contribution in [3.8, 4) is 0 Å². The Morgan fingerprint density at radius 1 is 1.39 bits per heavy atom. The van der Waals surface area contributed by atoms with Crippen LogP contribution in [0.1, 0.15) is 31.7 Å². The molecular formula is C24H29ClN2O6. The van der Waals surface area contributed by atoms with Crippen LogP contribution in [0.25, 0.3) is 0 Å². The summed E-state index contributed by atoms with van der Waals surface area (Å²) in [5.74, 6) is -3.90. The Hall–Kier alpha value is -2.42. The highest BCUT2D eigenvalue weighted by Crippen LogP contribution is 2.63. The van der Waals surface area contributed by atoms with Gasteiger partial charge in [-0.1, -0.05) is 29.8 Å². The van der Waals surface area contributed by atoms with E-state index >= 15 is 0 Å². The summed E-state index contributed by atoms with van der Waals surface area (Å²) in [5.41, 5.74) is -0.954. The molecule has 0 radical (unpaired) electrons. The van der Waals surface area contributed by atoms with E-state index in [0.29, 0.717) is 23.6 Å². The van der Waals surface area contributed by atoms with E-state index in [1.54, 1.807) is 25.1 Å². The molecule has 2 N–H and O–H groups in total. The van der Waals surface area contributed by atoms with E-state index in [9.17, 15) is 24.6 Å². The molecule has 5 atom stereocenters. The van der Waals surface area contributed by atoms with Crippen LogP contribution in [-0.2, 0) is 19.1 Å². The lowest BCUT2D eigenvalue weighted by atomic mass is 9.66. The fourth-order valence-electron chi connectivity index (χ4n) is 6.10. The van der Waals surface area contributed by atoms with E-state index in [-0.39, 0.29) is 26.1 Å². The number of ether oxygens (including phenoxy) is 1. The Labute approximate surface area is 197 Å². The number of benzene rings is 1. The van der Waals surface area contributed by atoms with Crippen LogP contribution in [0.4, 0.5) is 5.69 Å². The van der Waals surface area contributed by atoms with Gasteiger partial charge in [-0.25, -0.2) is 0 Å². The number of para-hydroxylation sites is 1. The quantitative estimate of drug-likeness (QED) is 0.558. The Morgan fingerprint density at radius 2 is 2.12 bits per heavy atom. The van der Waals surface area contributed by atoms with E-state index < -0.39 is 46.9 Å². The van der Waals surface area contributed by atoms with Crippen molar-refractivity contribution in [2.45, 2.75) is 50.4 Å². The minimum Gasteiger partial charge on any atom is -0.481 e. The Kier molecular flexibility index (Phi) is 6.05. The van der Waals surface area contributed by atoms with Crippen molar-refractivity contribution in [2.24, 2.45) is 11.8 Å². The largest absolute Gasteiger partial charge is 0.481 e. The summed E-state index contributed by atoms with van der Waals surface area (Å²) in [5, 5.41) is 19.8. The highest BCUT2D eigenvalue weighted by Gasteiger charge is 2.78. The zero-order valence-electron chi connectivity index (χ0n) is 18.8. The van der Waals surface area contributed by atoms with E-state index in [0.717, 1.165) is 5.56 Å². The van der Waals surface area contributed by atoms with Crippen LogP contribution in [0, 0.1) is 18.8 Å². The third-order valence-corrected chi connectivity index (χ3v) is 7.67. The molecule has 0 aromatic heterocycles. The van der Waals surface area contributed by atoms with Crippen molar-refractivity contribution in [3.05, 3.63) is 41.4 Å². The minimum absolute atomic E-state index is 0.125. The topological polar surface area (TPSA) is 107 Å². The molecule has 3 saturated heterocycles. The molecule has 2 bridgehead atoms. The number of aliphatic hydroxyl groups excluding tert-OH is 1. The van der Waals surface area contributed by atoms with Gasteiger partial charge in [0.05, 0.1) is 28.1 Å². The van der Waals surface area contributed by atoms with Crippen LogP contribution in [0.5, 0.6) is 0 Å². The second-order valence-corrected chi connectivity index (χ2v) is 9.72. The standard InChI is InChI=1S/C24H29ClN2O6/c1-4-11-26(18-14(2)7-5-8-15(18)25)21(30)19-24-10-9-23(3,33-24)17(22(31)32)16(24)20(29)27(19)12-6-13-28/h4-5,7-8,16-17,19,28H,1,6,9-13H2,2-3H3,(H,31,32)/t16-,17-,19?,23+,24?/m0/s1. The van der Waals surface area contributed by atoms with Crippen LogP contribution < -0.4 is 4.90 Å². The van der Waals surface area contributed by atoms with Gasteiger partial charge in [-0.15, -0.1) is 6.58 Å². The Bertz CT molecular complexity index is 994. The molecule has 3 aliphatic heterocycles. The monoisotopic (exact) mass is 476 g/mol. The molecule has 4 rings (SSSR count). The lowest BCUT2D eigenvalue weighted by molar-refractivity contribution is -0.154. The summed E-state index contributed by atoms with van der Waals surface area (Å²) in [6, 6.07) is 4.30. The van der Waals surface area contributed by atoms with Gasteiger partial charge in [-0.3, -0.25) is 14.4 Å². The number of halogens is 1. The van der Waals surface area contributed by atoms with Crippen molar-refractivity contribution in [3.63, 3.8) is 0 Å². The number of carbonyl (C=O) groups excluding carboxylic acids is 2. The zero-order chi connectivity index (χ0) is 24.1. The third-order valence-electron chi connectivity index (χ3n) is 7.37. The summed E-state index contributed by atoms with van der Waals surface area (Å²) >= 11 is 6.48. The number of likely N-dealkylation sites (tertiary alicyclic amines) is 1. The lowest BCUT2D eigenvalue weighted by Crippen LogP contribution is -2.56. The number of rotatable bonds is 8. The molecule has 3 fully saturated rings. The van der Waals surface area contributed by atoms with Gasteiger partial charge in [-0.2, -0.15) is 0 Å². The minimum atomic E-state index is -1.24. The summed E-state index contributed by atoms with van der Waals surface area (Å²) < 4.78 is 6.37. The molecule has 2 unspecified atom stereocenters. The summed E-state index contributed by atoms with van der Waals surface area (Å²) in [6.07, 6.45) is 2.69. The maximum Gasteiger partial charge on any atom is 0.310 e. The van der Waals surface area contributed by atoms with Gasteiger partial charge in [0.15, 0.2) is 0 Å². The van der Waals surface area contributed by atoms with Crippen LogP contribution in [0.15, 0.2) is 30.9 Å². The number of hydrogen-bond donors (Lipinski definition) is 2. The maximum absolute atomic E-state index is 14.2.